The number of Topliss-reactive ketones (excluding diaryl/α,β-unsaturated/α-hetero) is 1. The monoisotopic (exact) mass is 378 g/mol. The Balaban J connectivity index is 1.92. The number of aliphatic imine (C=N–C) groups is 1. The van der Waals surface area contributed by atoms with E-state index in [0.717, 1.165) is 0 Å². The number of nitrogens with one attached hydrogen (secondary N) is 1. The van der Waals surface area contributed by atoms with Crippen molar-refractivity contribution in [2.24, 2.45) is 15.3 Å². The maximum absolute atomic E-state index is 13.4. The normalized spacial score (nSPS) is 20.3. The van der Waals surface area contributed by atoms with Crippen LogP contribution in [0.25, 0.3) is 0 Å². The number of esters is 1. The van der Waals surface area contributed by atoms with Gasteiger partial charge in [0, 0.05) is 11.1 Å². The van der Waals surface area contributed by atoms with Gasteiger partial charge in [0.25, 0.3) is 0 Å². The van der Waals surface area contributed by atoms with E-state index >= 15 is 0 Å². The molecule has 0 spiro atoms. The van der Waals surface area contributed by atoms with Crippen LogP contribution in [0.5, 0.6) is 0 Å². The van der Waals surface area contributed by atoms with Gasteiger partial charge in [0.05, 0.1) is 12.7 Å². The number of ether oxygens (including phenoxy) is 1. The number of hydrogen-bond donors (Lipinski definition) is 1. The summed E-state index contributed by atoms with van der Waals surface area (Å²) >= 11 is 0. The van der Waals surface area contributed by atoms with Crippen LogP contribution in [0.4, 0.5) is 4.39 Å². The Morgan fingerprint density at radius 3 is 2.39 bits per heavy atom. The van der Waals surface area contributed by atoms with E-state index in [0.29, 0.717) is 11.4 Å². The molecule has 2 aromatic carbocycles. The summed E-state index contributed by atoms with van der Waals surface area (Å²) < 4.78 is 18.2. The Morgan fingerprint density at radius 1 is 1.00 bits per heavy atom. The van der Waals surface area contributed by atoms with E-state index in [1.807, 2.05) is 30.3 Å². The van der Waals surface area contributed by atoms with E-state index in [1.54, 1.807) is 0 Å². The van der Waals surface area contributed by atoms with Crippen molar-refractivity contribution in [1.29, 1.82) is 0 Å². The van der Waals surface area contributed by atoms with E-state index in [4.69, 9.17) is 4.74 Å². The van der Waals surface area contributed by atoms with Gasteiger partial charge < -0.3 is 4.74 Å². The quantitative estimate of drug-likeness (QED) is 0.654. The number of rotatable bonds is 4. The lowest BCUT2D eigenvalue weighted by Crippen LogP contribution is -2.37. The Kier molecular flexibility index (Phi) is 4.52. The van der Waals surface area contributed by atoms with Crippen molar-refractivity contribution in [3.8, 4) is 0 Å². The Morgan fingerprint density at radius 2 is 1.71 bits per heavy atom. The highest BCUT2D eigenvalue weighted by molar-refractivity contribution is 6.17. The van der Waals surface area contributed by atoms with Gasteiger partial charge in [-0.1, -0.05) is 35.6 Å². The number of ketones is 1. The summed E-state index contributed by atoms with van der Waals surface area (Å²) in [6.07, 6.45) is 0. The third-order valence-corrected chi connectivity index (χ3v) is 4.57. The molecule has 8 heteroatoms. The van der Waals surface area contributed by atoms with Crippen LogP contribution in [0, 0.1) is 5.82 Å². The lowest BCUT2D eigenvalue weighted by atomic mass is 9.84. The van der Waals surface area contributed by atoms with Gasteiger partial charge in [-0.05, 0) is 29.8 Å². The van der Waals surface area contributed by atoms with Crippen LogP contribution in [0.2, 0.25) is 0 Å². The lowest BCUT2D eigenvalue weighted by Gasteiger charge is -2.26. The van der Waals surface area contributed by atoms with Crippen molar-refractivity contribution < 1.29 is 18.7 Å². The molecule has 7 nitrogen and oxygen atoms in total. The number of halogens is 1. The van der Waals surface area contributed by atoms with Crippen molar-refractivity contribution >= 4 is 17.6 Å². The molecule has 4 rings (SSSR count). The number of dihydropyridines is 1. The van der Waals surface area contributed by atoms with Gasteiger partial charge in [-0.25, -0.2) is 14.6 Å². The molecule has 2 aliphatic rings. The highest BCUT2D eigenvalue weighted by Gasteiger charge is 2.42. The molecule has 0 unspecified atom stereocenters. The van der Waals surface area contributed by atoms with Crippen LogP contribution < -0.4 is 5.43 Å². The Bertz CT molecular complexity index is 1030. The molecular formula is C20H15FN4O3. The molecule has 0 aliphatic carbocycles. The predicted octanol–water partition coefficient (Wildman–Crippen LogP) is 2.97. The molecule has 0 aromatic heterocycles. The minimum absolute atomic E-state index is 0.0735. The summed E-state index contributed by atoms with van der Waals surface area (Å²) in [6, 6.07) is 12.6. The van der Waals surface area contributed by atoms with Gasteiger partial charge >= 0.3 is 5.97 Å². The molecule has 140 valence electrons. The number of carbonyl (C=O) groups excluding carboxylic acids is 2. The average molecular weight is 378 g/mol. The van der Waals surface area contributed by atoms with Crippen LogP contribution in [0.1, 0.15) is 22.0 Å². The first kappa shape index (κ1) is 17.7. The Hall–Kier alpha value is -3.68. The first-order valence-corrected chi connectivity index (χ1v) is 8.51. The van der Waals surface area contributed by atoms with E-state index < -0.39 is 29.7 Å². The van der Waals surface area contributed by atoms with Crippen LogP contribution in [0.15, 0.2) is 81.1 Å². The number of hydrogen-bond acceptors (Lipinski definition) is 7. The smallest absolute Gasteiger partial charge is 0.337 e. The second kappa shape index (κ2) is 7.15. The van der Waals surface area contributed by atoms with Gasteiger partial charge in [-0.2, -0.15) is 5.11 Å². The second-order valence-electron chi connectivity index (χ2n) is 6.21. The first-order chi connectivity index (χ1) is 13.6. The van der Waals surface area contributed by atoms with Crippen LogP contribution >= 0.6 is 0 Å². The number of amidine groups is 1. The molecule has 2 heterocycles. The largest absolute Gasteiger partial charge is 0.466 e. The van der Waals surface area contributed by atoms with Crippen molar-refractivity contribution in [1.82, 2.24) is 5.43 Å². The van der Waals surface area contributed by atoms with Gasteiger partial charge in [-0.15, -0.1) is 0 Å². The molecule has 0 amide bonds. The van der Waals surface area contributed by atoms with Crippen molar-refractivity contribution in [3.05, 3.63) is 82.7 Å². The molecule has 0 bridgehead atoms. The van der Waals surface area contributed by atoms with Gasteiger partial charge in [0.1, 0.15) is 11.9 Å². The molecule has 1 N–H and O–H groups in total. The fourth-order valence-corrected chi connectivity index (χ4v) is 3.26. The number of nitrogens with zero attached hydrogens (tertiary/aromatic N) is 3. The zero-order valence-electron chi connectivity index (χ0n) is 14.8. The predicted molar refractivity (Wildman–Crippen MR) is 98.2 cm³/mol. The lowest BCUT2D eigenvalue weighted by molar-refractivity contribution is -0.136. The van der Waals surface area contributed by atoms with Crippen LogP contribution in [-0.4, -0.2) is 30.7 Å². The Labute approximate surface area is 159 Å². The van der Waals surface area contributed by atoms with E-state index in [-0.39, 0.29) is 16.7 Å². The van der Waals surface area contributed by atoms with Gasteiger partial charge in [-0.3, -0.25) is 9.79 Å². The summed E-state index contributed by atoms with van der Waals surface area (Å²) in [5, 5.41) is 7.73. The van der Waals surface area contributed by atoms with E-state index in [1.165, 1.54) is 31.4 Å². The zero-order valence-corrected chi connectivity index (χ0v) is 14.8. The number of benzene rings is 2. The second-order valence-corrected chi connectivity index (χ2v) is 6.21. The van der Waals surface area contributed by atoms with Crippen molar-refractivity contribution in [2.45, 2.75) is 12.1 Å². The maximum atomic E-state index is 13.4. The van der Waals surface area contributed by atoms with Crippen molar-refractivity contribution in [2.75, 3.05) is 7.11 Å². The molecule has 2 aromatic rings. The van der Waals surface area contributed by atoms with Crippen LogP contribution in [-0.2, 0) is 9.53 Å². The summed E-state index contributed by atoms with van der Waals surface area (Å²) in [6.45, 7) is 0. The fraction of sp³-hybridized carbons (Fsp3) is 0.150. The van der Waals surface area contributed by atoms with E-state index in [2.05, 4.69) is 20.8 Å². The molecule has 0 fully saturated rings. The molecule has 2 aliphatic heterocycles. The third-order valence-electron chi connectivity index (χ3n) is 4.57. The fourth-order valence-electron chi connectivity index (χ4n) is 3.26. The highest BCUT2D eigenvalue weighted by atomic mass is 19.1. The molecular weight excluding hydrogens is 363 g/mol. The summed E-state index contributed by atoms with van der Waals surface area (Å²) in [4.78, 5) is 30.6. The molecule has 0 saturated heterocycles. The minimum atomic E-state index is -0.841. The molecule has 2 atom stereocenters. The summed E-state index contributed by atoms with van der Waals surface area (Å²) in [5.74, 6) is -1.23. The standard InChI is InChI=1S/C20H15FN4O3/c1-28-20(27)15-14(18(26)12-7-9-13(21)10-8-12)16(11-5-3-2-4-6-11)22-19-17(15)23-25-24-19/h2-10,16-17H,1H3,(H,22,23,24)/t16-,17+/m1/s1. The number of carbonyl (C=O) groups is 2. The molecule has 0 radical (unpaired) electrons. The average Bonchev–Trinajstić information content (AvgIpc) is 3.21. The van der Waals surface area contributed by atoms with Crippen molar-refractivity contribution in [3.63, 3.8) is 0 Å². The molecule has 0 saturated carbocycles. The number of fused-ring (bicyclic) bond motifs is 1. The SMILES string of the molecule is COC(=O)C1=C(C(=O)c2ccc(F)cc2)[C@@H](c2ccccc2)N=C2NN=N[C@H]21. The topological polar surface area (TPSA) is 92.5 Å². The van der Waals surface area contributed by atoms with Gasteiger partial charge in [0.2, 0.25) is 0 Å². The summed E-state index contributed by atoms with van der Waals surface area (Å²) in [7, 11) is 1.23. The zero-order chi connectivity index (χ0) is 19.7. The first-order valence-electron chi connectivity index (χ1n) is 8.51. The number of methoxy groups -OCH3 is 1. The van der Waals surface area contributed by atoms with E-state index in [9.17, 15) is 14.0 Å². The third kappa shape index (κ3) is 2.98. The van der Waals surface area contributed by atoms with Crippen LogP contribution in [0.3, 0.4) is 0 Å². The summed E-state index contributed by atoms with van der Waals surface area (Å²) in [5.41, 5.74) is 3.85. The minimum Gasteiger partial charge on any atom is -0.466 e. The van der Waals surface area contributed by atoms with Gasteiger partial charge in [0.15, 0.2) is 17.7 Å². The highest BCUT2D eigenvalue weighted by Crippen LogP contribution is 2.38. The maximum Gasteiger partial charge on any atom is 0.337 e. The molecule has 28 heavy (non-hydrogen) atoms.